The molecule has 0 unspecified atom stereocenters. The van der Waals surface area contributed by atoms with Crippen molar-refractivity contribution in [3.8, 4) is 24.7 Å². The van der Waals surface area contributed by atoms with Crippen LogP contribution in [0.4, 0.5) is 0 Å². The van der Waals surface area contributed by atoms with Gasteiger partial charge in [-0.1, -0.05) is 11.8 Å². The first-order valence-corrected chi connectivity index (χ1v) is 4.21. The lowest BCUT2D eigenvalue weighted by atomic mass is 10.2. The van der Waals surface area contributed by atoms with Crippen molar-refractivity contribution < 1.29 is 0 Å². The number of terminal acetylenes is 2. The first-order valence-electron chi connectivity index (χ1n) is 3.46. The molecule has 68 valence electrons. The second kappa shape index (κ2) is 5.36. The highest BCUT2D eigenvalue weighted by Gasteiger charge is 2.04. The van der Waals surface area contributed by atoms with Crippen LogP contribution in [0.1, 0.15) is 27.7 Å². The van der Waals surface area contributed by atoms with Crippen LogP contribution >= 0.6 is 23.2 Å². The molecule has 0 heterocycles. The average molecular weight is 205 g/mol. The van der Waals surface area contributed by atoms with Gasteiger partial charge in [0.05, 0.1) is 9.75 Å². The number of halogens is 2. The Bertz CT molecular complexity index is 166. The zero-order chi connectivity index (χ0) is 10.4. The topological polar surface area (TPSA) is 0 Å². The Hall–Kier alpha value is -0.300. The molecule has 0 aliphatic rings. The SMILES string of the molecule is C#CC(C)(C)Cl.C#CC(C)(C)Cl. The summed E-state index contributed by atoms with van der Waals surface area (Å²) < 4.78 is 0. The molecule has 0 nitrogen and oxygen atoms in total. The third kappa shape index (κ3) is 22.6. The second-order valence-corrected chi connectivity index (χ2v) is 5.12. The number of hydrogen-bond donors (Lipinski definition) is 0. The van der Waals surface area contributed by atoms with Crippen LogP contribution in [-0.4, -0.2) is 9.75 Å². The maximum Gasteiger partial charge on any atom is 0.0990 e. The minimum Gasteiger partial charge on any atom is -0.118 e. The fraction of sp³-hybridized carbons (Fsp3) is 0.600. The molecule has 0 amide bonds. The van der Waals surface area contributed by atoms with Crippen LogP contribution in [0, 0.1) is 24.7 Å². The second-order valence-electron chi connectivity index (χ2n) is 3.23. The van der Waals surface area contributed by atoms with E-state index >= 15 is 0 Å². The minimum absolute atomic E-state index is 0.458. The zero-order valence-corrected chi connectivity index (χ0v) is 9.42. The quantitative estimate of drug-likeness (QED) is 0.420. The molecule has 0 spiro atoms. The van der Waals surface area contributed by atoms with Gasteiger partial charge in [0.25, 0.3) is 0 Å². The van der Waals surface area contributed by atoms with E-state index in [4.69, 9.17) is 36.0 Å². The van der Waals surface area contributed by atoms with Gasteiger partial charge < -0.3 is 0 Å². The van der Waals surface area contributed by atoms with Crippen LogP contribution < -0.4 is 0 Å². The molecule has 0 aromatic heterocycles. The summed E-state index contributed by atoms with van der Waals surface area (Å²) in [4.78, 5) is -0.917. The van der Waals surface area contributed by atoms with Crippen molar-refractivity contribution in [1.82, 2.24) is 0 Å². The maximum atomic E-state index is 5.48. The zero-order valence-electron chi connectivity index (χ0n) is 7.91. The van der Waals surface area contributed by atoms with E-state index in [1.165, 1.54) is 0 Å². The monoisotopic (exact) mass is 204 g/mol. The molecule has 0 aromatic carbocycles. The van der Waals surface area contributed by atoms with E-state index in [2.05, 4.69) is 11.8 Å². The lowest BCUT2D eigenvalue weighted by molar-refractivity contribution is 0.918. The van der Waals surface area contributed by atoms with Gasteiger partial charge in [0.1, 0.15) is 0 Å². The Kier molecular flexibility index (Phi) is 6.36. The first-order chi connectivity index (χ1) is 5.12. The Labute approximate surface area is 85.6 Å². The van der Waals surface area contributed by atoms with E-state index < -0.39 is 9.75 Å². The van der Waals surface area contributed by atoms with Crippen molar-refractivity contribution >= 4 is 23.2 Å². The largest absolute Gasteiger partial charge is 0.118 e. The Morgan fingerprint density at radius 1 is 0.833 bits per heavy atom. The van der Waals surface area contributed by atoms with Gasteiger partial charge in [-0.05, 0) is 27.7 Å². The van der Waals surface area contributed by atoms with Crippen molar-refractivity contribution in [1.29, 1.82) is 0 Å². The number of hydrogen-bond acceptors (Lipinski definition) is 0. The molecule has 0 fully saturated rings. The van der Waals surface area contributed by atoms with Crippen LogP contribution in [0.3, 0.4) is 0 Å². The molecular weight excluding hydrogens is 191 g/mol. The van der Waals surface area contributed by atoms with Gasteiger partial charge >= 0.3 is 0 Å². The molecule has 0 rings (SSSR count). The van der Waals surface area contributed by atoms with E-state index in [-0.39, 0.29) is 0 Å². The molecule has 0 bridgehead atoms. The summed E-state index contributed by atoms with van der Waals surface area (Å²) in [6, 6.07) is 0. The van der Waals surface area contributed by atoms with E-state index in [0.29, 0.717) is 0 Å². The van der Waals surface area contributed by atoms with Gasteiger partial charge in [-0.15, -0.1) is 36.0 Å². The molecule has 0 saturated carbocycles. The highest BCUT2D eigenvalue weighted by molar-refractivity contribution is 6.25. The van der Waals surface area contributed by atoms with E-state index in [9.17, 15) is 0 Å². The molecule has 12 heavy (non-hydrogen) atoms. The third-order valence-electron chi connectivity index (χ3n) is 0.686. The van der Waals surface area contributed by atoms with Crippen LogP contribution in [-0.2, 0) is 0 Å². The molecule has 0 aliphatic carbocycles. The number of rotatable bonds is 0. The molecule has 0 radical (unpaired) electrons. The molecule has 0 saturated heterocycles. The molecule has 2 heteroatoms. The van der Waals surface area contributed by atoms with Crippen molar-refractivity contribution in [2.75, 3.05) is 0 Å². The van der Waals surface area contributed by atoms with Crippen molar-refractivity contribution in [3.63, 3.8) is 0 Å². The molecular formula is C10H14Cl2. The summed E-state index contributed by atoms with van der Waals surface area (Å²) in [6.07, 6.45) is 9.85. The van der Waals surface area contributed by atoms with Gasteiger partial charge in [0.2, 0.25) is 0 Å². The minimum atomic E-state index is -0.458. The predicted octanol–water partition coefficient (Wildman–Crippen LogP) is 3.27. The van der Waals surface area contributed by atoms with E-state index in [1.807, 2.05) is 0 Å². The van der Waals surface area contributed by atoms with Crippen molar-refractivity contribution in [2.24, 2.45) is 0 Å². The number of alkyl halides is 2. The Balaban J connectivity index is 0. The lowest BCUT2D eigenvalue weighted by Crippen LogP contribution is -2.03. The smallest absolute Gasteiger partial charge is 0.0990 e. The van der Waals surface area contributed by atoms with Gasteiger partial charge in [0.15, 0.2) is 0 Å². The lowest BCUT2D eigenvalue weighted by Gasteiger charge is -2.01. The fourth-order valence-electron chi connectivity index (χ4n) is 0. The summed E-state index contributed by atoms with van der Waals surface area (Å²) in [7, 11) is 0. The standard InChI is InChI=1S/2C5H7Cl/c2*1-4-5(2,3)6/h2*1H,2-3H3. The van der Waals surface area contributed by atoms with Crippen molar-refractivity contribution in [3.05, 3.63) is 0 Å². The first kappa shape index (κ1) is 14.2. The van der Waals surface area contributed by atoms with Gasteiger partial charge in [-0.25, -0.2) is 0 Å². The highest BCUT2D eigenvalue weighted by Crippen LogP contribution is 2.08. The van der Waals surface area contributed by atoms with Crippen LogP contribution in [0.15, 0.2) is 0 Å². The van der Waals surface area contributed by atoms with Crippen molar-refractivity contribution in [2.45, 2.75) is 37.4 Å². The molecule has 0 atom stereocenters. The third-order valence-corrected chi connectivity index (χ3v) is 0.905. The predicted molar refractivity (Wildman–Crippen MR) is 57.5 cm³/mol. The van der Waals surface area contributed by atoms with E-state index in [0.717, 1.165) is 0 Å². The molecule has 0 aliphatic heterocycles. The highest BCUT2D eigenvalue weighted by atomic mass is 35.5. The summed E-state index contributed by atoms with van der Waals surface area (Å²) in [6.45, 7) is 7.09. The average Bonchev–Trinajstić information content (AvgIpc) is 1.86. The van der Waals surface area contributed by atoms with E-state index in [1.54, 1.807) is 27.7 Å². The normalized spacial score (nSPS) is 10.3. The Morgan fingerprint density at radius 2 is 0.917 bits per heavy atom. The summed E-state index contributed by atoms with van der Waals surface area (Å²) in [5.74, 6) is 4.74. The van der Waals surface area contributed by atoms with Crippen LogP contribution in [0.2, 0.25) is 0 Å². The van der Waals surface area contributed by atoms with Gasteiger partial charge in [-0.3, -0.25) is 0 Å². The molecule has 0 N–H and O–H groups in total. The molecule has 0 aromatic rings. The summed E-state index contributed by atoms with van der Waals surface area (Å²) >= 11 is 11.0. The van der Waals surface area contributed by atoms with Gasteiger partial charge in [-0.2, -0.15) is 0 Å². The summed E-state index contributed by atoms with van der Waals surface area (Å²) in [5.41, 5.74) is 0. The maximum absolute atomic E-state index is 5.48. The Morgan fingerprint density at radius 3 is 0.917 bits per heavy atom. The fourth-order valence-corrected chi connectivity index (χ4v) is 0. The van der Waals surface area contributed by atoms with Crippen LogP contribution in [0.25, 0.3) is 0 Å². The van der Waals surface area contributed by atoms with Crippen LogP contribution in [0.5, 0.6) is 0 Å². The van der Waals surface area contributed by atoms with Gasteiger partial charge in [0, 0.05) is 0 Å². The summed E-state index contributed by atoms with van der Waals surface area (Å²) in [5, 5.41) is 0.